The van der Waals surface area contributed by atoms with E-state index in [0.29, 0.717) is 34.4 Å². The lowest BCUT2D eigenvalue weighted by molar-refractivity contribution is 0.415. The maximum atomic E-state index is 12.0. The summed E-state index contributed by atoms with van der Waals surface area (Å²) >= 11 is 0. The number of H-pyrrole nitrogens is 2. The van der Waals surface area contributed by atoms with Crippen LogP contribution in [0.4, 0.5) is 0 Å². The molecule has 0 aliphatic carbocycles. The van der Waals surface area contributed by atoms with Gasteiger partial charge in [-0.1, -0.05) is 0 Å². The number of nitrogens with zero attached hydrogens (tertiary/aromatic N) is 2. The molecule has 136 valence electrons. The van der Waals surface area contributed by atoms with Gasteiger partial charge < -0.3 is 24.2 Å². The van der Waals surface area contributed by atoms with E-state index in [2.05, 4.69) is 19.9 Å². The maximum Gasteiger partial charge on any atom is 0.227 e. The lowest BCUT2D eigenvalue weighted by atomic mass is 10.1. The first kappa shape index (κ1) is 16.6. The molecule has 3 heterocycles. The van der Waals surface area contributed by atoms with Gasteiger partial charge in [0.2, 0.25) is 11.2 Å². The molecule has 0 radical (unpaired) electrons. The highest BCUT2D eigenvalue weighted by atomic mass is 16.5. The number of imidazole rings is 2. The molecule has 0 bridgehead atoms. The summed E-state index contributed by atoms with van der Waals surface area (Å²) in [5, 5.41) is 10.3. The lowest BCUT2D eigenvalue weighted by Gasteiger charge is -2.06. The molecular weight excluding hydrogens is 348 g/mol. The van der Waals surface area contributed by atoms with Crippen molar-refractivity contribution in [3.05, 3.63) is 58.8 Å². The van der Waals surface area contributed by atoms with Crippen molar-refractivity contribution >= 4 is 0 Å². The van der Waals surface area contributed by atoms with Gasteiger partial charge in [0.25, 0.3) is 0 Å². The average Bonchev–Trinajstić information content (AvgIpc) is 3.34. The number of aromatic nitrogens is 4. The van der Waals surface area contributed by atoms with E-state index in [-0.39, 0.29) is 5.76 Å². The number of aryl methyl sites for hydroxylation is 1. The normalized spacial score (nSPS) is 10.9. The number of methoxy groups -OCH3 is 1. The van der Waals surface area contributed by atoms with Gasteiger partial charge in [0.1, 0.15) is 28.6 Å². The Hall–Kier alpha value is -3.81. The minimum atomic E-state index is -0.521. The molecular formula is C19H16N4O4. The Bertz CT molecular complexity index is 1140. The van der Waals surface area contributed by atoms with Gasteiger partial charge >= 0.3 is 0 Å². The van der Waals surface area contributed by atoms with Crippen LogP contribution in [0.1, 0.15) is 5.76 Å². The Morgan fingerprint density at radius 3 is 2.67 bits per heavy atom. The van der Waals surface area contributed by atoms with E-state index >= 15 is 0 Å². The Balaban J connectivity index is 1.95. The fourth-order valence-electron chi connectivity index (χ4n) is 2.78. The molecule has 0 aliphatic rings. The van der Waals surface area contributed by atoms with Gasteiger partial charge in [-0.05, 0) is 31.2 Å². The molecule has 0 saturated carbocycles. The van der Waals surface area contributed by atoms with Crippen molar-refractivity contribution in [1.29, 1.82) is 0 Å². The fraction of sp³-hybridized carbons (Fsp3) is 0.105. The average molecular weight is 364 g/mol. The second-order valence-corrected chi connectivity index (χ2v) is 5.90. The van der Waals surface area contributed by atoms with Gasteiger partial charge in [0.05, 0.1) is 19.6 Å². The van der Waals surface area contributed by atoms with Crippen LogP contribution in [0.5, 0.6) is 11.5 Å². The van der Waals surface area contributed by atoms with Gasteiger partial charge in [-0.2, -0.15) is 0 Å². The highest BCUT2D eigenvalue weighted by Crippen LogP contribution is 2.36. The van der Waals surface area contributed by atoms with Crippen molar-refractivity contribution in [2.75, 3.05) is 7.11 Å². The van der Waals surface area contributed by atoms with E-state index in [4.69, 9.17) is 9.15 Å². The molecule has 4 aromatic rings. The van der Waals surface area contributed by atoms with Crippen molar-refractivity contribution in [3.8, 4) is 45.7 Å². The Morgan fingerprint density at radius 1 is 1.22 bits per heavy atom. The first-order chi connectivity index (χ1) is 13.1. The summed E-state index contributed by atoms with van der Waals surface area (Å²) in [7, 11) is 1.59. The topological polar surface area (TPSA) is 117 Å². The van der Waals surface area contributed by atoms with E-state index in [1.54, 1.807) is 32.4 Å². The molecule has 27 heavy (non-hydrogen) atoms. The lowest BCUT2D eigenvalue weighted by Crippen LogP contribution is -2.01. The molecule has 4 rings (SSSR count). The van der Waals surface area contributed by atoms with Gasteiger partial charge in [-0.3, -0.25) is 4.79 Å². The van der Waals surface area contributed by atoms with Crippen LogP contribution in [-0.4, -0.2) is 32.2 Å². The van der Waals surface area contributed by atoms with Crippen LogP contribution in [0.3, 0.4) is 0 Å². The number of hydrogen-bond acceptors (Lipinski definition) is 6. The molecule has 0 unspecified atom stereocenters. The second kappa shape index (κ2) is 6.49. The Morgan fingerprint density at radius 2 is 2.00 bits per heavy atom. The van der Waals surface area contributed by atoms with Crippen LogP contribution < -0.4 is 10.2 Å². The molecule has 8 heteroatoms. The summed E-state index contributed by atoms with van der Waals surface area (Å²) in [6, 6.07) is 8.50. The van der Waals surface area contributed by atoms with Crippen molar-refractivity contribution in [2.45, 2.75) is 6.92 Å². The SMILES string of the molecule is COc1ccc(-c2nc(-c3cnc[nH]3)[nH]c2-c2oc(C)cc(=O)c2O)cc1. The van der Waals surface area contributed by atoms with Gasteiger partial charge in [0.15, 0.2) is 11.6 Å². The predicted molar refractivity (Wildman–Crippen MR) is 98.5 cm³/mol. The van der Waals surface area contributed by atoms with E-state index < -0.39 is 11.2 Å². The zero-order chi connectivity index (χ0) is 19.0. The van der Waals surface area contributed by atoms with Crippen molar-refractivity contribution in [1.82, 2.24) is 19.9 Å². The molecule has 8 nitrogen and oxygen atoms in total. The molecule has 0 fully saturated rings. The molecule has 0 aliphatic heterocycles. The maximum absolute atomic E-state index is 12.0. The largest absolute Gasteiger partial charge is 0.501 e. The van der Waals surface area contributed by atoms with Crippen molar-refractivity contribution in [2.24, 2.45) is 0 Å². The summed E-state index contributed by atoms with van der Waals surface area (Å²) in [6.45, 7) is 1.64. The zero-order valence-electron chi connectivity index (χ0n) is 14.6. The van der Waals surface area contributed by atoms with E-state index in [1.165, 1.54) is 12.4 Å². The van der Waals surface area contributed by atoms with Crippen LogP contribution >= 0.6 is 0 Å². The van der Waals surface area contributed by atoms with Crippen LogP contribution in [0.25, 0.3) is 34.2 Å². The summed E-state index contributed by atoms with van der Waals surface area (Å²) in [5.74, 6) is 1.14. The molecule has 0 spiro atoms. The third-order valence-corrected chi connectivity index (χ3v) is 4.09. The minimum absolute atomic E-state index is 0.0316. The molecule has 0 amide bonds. The van der Waals surface area contributed by atoms with Crippen LogP contribution in [0, 0.1) is 6.92 Å². The number of rotatable bonds is 4. The quantitative estimate of drug-likeness (QED) is 0.512. The number of nitrogens with one attached hydrogen (secondary N) is 2. The molecule has 3 N–H and O–H groups in total. The number of ether oxygens (including phenoxy) is 1. The van der Waals surface area contributed by atoms with E-state index in [0.717, 1.165) is 5.56 Å². The van der Waals surface area contributed by atoms with Crippen molar-refractivity contribution < 1.29 is 14.3 Å². The fourth-order valence-corrected chi connectivity index (χ4v) is 2.78. The summed E-state index contributed by atoms with van der Waals surface area (Å²) < 4.78 is 10.8. The minimum Gasteiger partial charge on any atom is -0.501 e. The van der Waals surface area contributed by atoms with E-state index in [1.807, 2.05) is 12.1 Å². The summed E-state index contributed by atoms with van der Waals surface area (Å²) in [6.07, 6.45) is 3.15. The highest BCUT2D eigenvalue weighted by Gasteiger charge is 2.22. The number of hydrogen-bond donors (Lipinski definition) is 3. The van der Waals surface area contributed by atoms with Gasteiger partial charge in [-0.15, -0.1) is 0 Å². The first-order valence-electron chi connectivity index (χ1n) is 8.14. The third-order valence-electron chi connectivity index (χ3n) is 4.09. The zero-order valence-corrected chi connectivity index (χ0v) is 14.6. The van der Waals surface area contributed by atoms with E-state index in [9.17, 15) is 9.90 Å². The van der Waals surface area contributed by atoms with Crippen LogP contribution in [-0.2, 0) is 0 Å². The van der Waals surface area contributed by atoms with Crippen LogP contribution in [0.2, 0.25) is 0 Å². The second-order valence-electron chi connectivity index (χ2n) is 5.90. The standard InChI is InChI=1S/C19H16N4O4/c1-10-7-14(24)17(25)18(27-10)16-15(11-3-5-12(26-2)6-4-11)22-19(23-16)13-8-20-9-21-13/h3-9,25H,1-2H3,(H,20,21)(H,22,23). The van der Waals surface area contributed by atoms with Crippen molar-refractivity contribution in [3.63, 3.8) is 0 Å². The molecule has 0 atom stereocenters. The monoisotopic (exact) mass is 364 g/mol. The Labute approximate surface area is 153 Å². The third kappa shape index (κ3) is 2.97. The van der Waals surface area contributed by atoms with Gasteiger partial charge in [0, 0.05) is 11.6 Å². The van der Waals surface area contributed by atoms with Crippen LogP contribution in [0.15, 0.2) is 52.1 Å². The molecule has 3 aromatic heterocycles. The summed E-state index contributed by atoms with van der Waals surface area (Å²) in [5.41, 5.74) is 1.81. The number of aromatic amines is 2. The molecule has 1 aromatic carbocycles. The number of aromatic hydroxyl groups is 1. The Kier molecular flexibility index (Phi) is 4.00. The smallest absolute Gasteiger partial charge is 0.227 e. The first-order valence-corrected chi connectivity index (χ1v) is 8.14. The molecule has 0 saturated heterocycles. The predicted octanol–water partition coefficient (Wildman–Crippen LogP) is 3.11. The van der Waals surface area contributed by atoms with Gasteiger partial charge in [-0.25, -0.2) is 9.97 Å². The number of benzene rings is 1. The highest BCUT2D eigenvalue weighted by molar-refractivity contribution is 5.80. The summed E-state index contributed by atoms with van der Waals surface area (Å²) in [4.78, 5) is 26.7.